The van der Waals surface area contributed by atoms with E-state index in [0.717, 1.165) is 93.3 Å². The molecule has 0 aliphatic carbocycles. The van der Waals surface area contributed by atoms with E-state index in [1.54, 1.807) is 23.2 Å². The lowest BCUT2D eigenvalue weighted by molar-refractivity contribution is -0.136. The first kappa shape index (κ1) is 37.5. The summed E-state index contributed by atoms with van der Waals surface area (Å²) >= 11 is 0. The maximum atomic E-state index is 13.5. The number of carbonyl (C=O) groups excluding carboxylic acids is 6. The minimum atomic E-state index is -0.991. The molecule has 7 heterocycles. The molecule has 0 radical (unpaired) electrons. The second-order valence-corrected chi connectivity index (χ2v) is 16.5. The van der Waals surface area contributed by atoms with E-state index in [1.165, 1.54) is 0 Å². The lowest BCUT2D eigenvalue weighted by Crippen LogP contribution is -2.54. The van der Waals surface area contributed by atoms with Crippen LogP contribution in [0.2, 0.25) is 0 Å². The topological polar surface area (TPSA) is 186 Å². The van der Waals surface area contributed by atoms with Crippen molar-refractivity contribution in [2.45, 2.75) is 57.0 Å². The van der Waals surface area contributed by atoms with Gasteiger partial charge in [-0.3, -0.25) is 34.2 Å². The highest BCUT2D eigenvalue weighted by atomic mass is 16.2. The molecule has 5 saturated heterocycles. The zero-order valence-electron chi connectivity index (χ0n) is 32.6. The average Bonchev–Trinajstić information content (AvgIpc) is 3.70. The molecular formula is C42H48N10O6. The van der Waals surface area contributed by atoms with E-state index in [-0.39, 0.29) is 36.2 Å². The molecule has 3 aromatic rings. The van der Waals surface area contributed by atoms with Gasteiger partial charge in [-0.1, -0.05) is 12.1 Å². The molecule has 6 aliphatic rings. The van der Waals surface area contributed by atoms with Gasteiger partial charge in [-0.25, -0.2) is 14.8 Å². The van der Waals surface area contributed by atoms with Crippen molar-refractivity contribution in [2.75, 3.05) is 74.1 Å². The standard InChI is InChI=1S/C42H48N10O6/c1-47-17-18-51(42(47)58)30-3-2-14-50(24-30)35-21-44-37(38(43)54)33(45-35)19-25-4-6-28(7-5-25)48-15-12-26-13-16-49(23-27(26)22-48)29-8-9-31-32(20-29)41(57)52(40(31)56)34-10-11-36(53)46-39(34)55/h4-9,20-21,26-27,30,34H,2-3,10-19,22-24H2,1H3,(H2,43,54)(H,46,53,55)/t26-,27-,30+,34?/m0/s1. The van der Waals surface area contributed by atoms with Gasteiger partial charge in [0, 0.05) is 83.6 Å². The number of hydrogen-bond acceptors (Lipinski definition) is 11. The maximum absolute atomic E-state index is 13.5. The predicted octanol–water partition coefficient (Wildman–Crippen LogP) is 2.26. The molecule has 3 N–H and O–H groups in total. The van der Waals surface area contributed by atoms with Crippen LogP contribution < -0.4 is 25.8 Å². The SMILES string of the molecule is CN1CCN([C@@H]2CCCN(c3cnc(C(N)=O)c(Cc4ccc(N5CC[C@H]6CCN(c7ccc8c(c7)C(=O)N(C7CCC(=O)NC7=O)C8=O)C[C@@H]6C5)cc4)n3)C2)C1=O. The molecule has 16 nitrogen and oxygen atoms in total. The zero-order chi connectivity index (χ0) is 40.2. The molecule has 1 aromatic heterocycles. The fourth-order valence-electron chi connectivity index (χ4n) is 9.83. The van der Waals surface area contributed by atoms with Crippen molar-refractivity contribution >= 4 is 52.8 Å². The first-order chi connectivity index (χ1) is 28.0. The second kappa shape index (κ2) is 15.0. The number of piperidine rings is 4. The van der Waals surface area contributed by atoms with Crippen molar-refractivity contribution in [1.82, 2.24) is 30.0 Å². The minimum absolute atomic E-state index is 0.0624. The van der Waals surface area contributed by atoms with Gasteiger partial charge in [-0.05, 0) is 79.8 Å². The van der Waals surface area contributed by atoms with E-state index in [1.807, 2.05) is 18.0 Å². The first-order valence-electron chi connectivity index (χ1n) is 20.4. The van der Waals surface area contributed by atoms with Gasteiger partial charge in [0.1, 0.15) is 17.6 Å². The molecule has 58 heavy (non-hydrogen) atoms. The van der Waals surface area contributed by atoms with Gasteiger partial charge in [0.15, 0.2) is 0 Å². The lowest BCUT2D eigenvalue weighted by Gasteiger charge is -2.46. The molecule has 0 spiro atoms. The number of benzene rings is 2. The van der Waals surface area contributed by atoms with Gasteiger partial charge < -0.3 is 30.2 Å². The molecule has 7 amide bonds. The number of carbonyl (C=O) groups is 6. The van der Waals surface area contributed by atoms with Gasteiger partial charge in [0.05, 0.1) is 29.1 Å². The summed E-state index contributed by atoms with van der Waals surface area (Å²) in [4.78, 5) is 97.1. The number of nitrogens with zero attached hydrogens (tertiary/aromatic N) is 8. The Bertz CT molecular complexity index is 2200. The highest BCUT2D eigenvalue weighted by molar-refractivity contribution is 6.23. The molecule has 0 bridgehead atoms. The van der Waals surface area contributed by atoms with Crippen LogP contribution in [0.5, 0.6) is 0 Å². The molecule has 1 unspecified atom stereocenters. The molecule has 16 heteroatoms. The summed E-state index contributed by atoms with van der Waals surface area (Å²) in [6.07, 6.45) is 6.18. The summed E-state index contributed by atoms with van der Waals surface area (Å²) in [5, 5.41) is 2.25. The van der Waals surface area contributed by atoms with Crippen LogP contribution in [0.15, 0.2) is 48.7 Å². The molecule has 4 atom stereocenters. The van der Waals surface area contributed by atoms with Gasteiger partial charge in [0.2, 0.25) is 11.8 Å². The third kappa shape index (κ3) is 6.87. The van der Waals surface area contributed by atoms with Crippen LogP contribution in [-0.4, -0.2) is 132 Å². The Labute approximate surface area is 336 Å². The number of urea groups is 1. The Morgan fingerprint density at radius 3 is 2.22 bits per heavy atom. The highest BCUT2D eigenvalue weighted by Crippen LogP contribution is 2.37. The van der Waals surface area contributed by atoms with Crippen LogP contribution in [0.3, 0.4) is 0 Å². The molecule has 6 aliphatic heterocycles. The van der Waals surface area contributed by atoms with Gasteiger partial charge in [-0.2, -0.15) is 0 Å². The molecule has 5 fully saturated rings. The van der Waals surface area contributed by atoms with Crippen molar-refractivity contribution in [3.05, 3.63) is 76.7 Å². The van der Waals surface area contributed by atoms with E-state index < -0.39 is 35.6 Å². The number of hydrogen-bond donors (Lipinski definition) is 2. The van der Waals surface area contributed by atoms with Crippen molar-refractivity contribution in [2.24, 2.45) is 17.6 Å². The predicted molar refractivity (Wildman–Crippen MR) is 214 cm³/mol. The first-order valence-corrected chi connectivity index (χ1v) is 20.4. The van der Waals surface area contributed by atoms with Crippen LogP contribution in [0.25, 0.3) is 0 Å². The van der Waals surface area contributed by atoms with Crippen LogP contribution in [-0.2, 0) is 16.0 Å². The number of nitrogens with two attached hydrogens (primary N) is 1. The van der Waals surface area contributed by atoms with Gasteiger partial charge in [-0.15, -0.1) is 0 Å². The number of anilines is 3. The van der Waals surface area contributed by atoms with E-state index in [9.17, 15) is 28.8 Å². The third-order valence-corrected chi connectivity index (χ3v) is 13.1. The van der Waals surface area contributed by atoms with Crippen molar-refractivity contribution in [3.8, 4) is 0 Å². The number of imide groups is 2. The summed E-state index contributed by atoms with van der Waals surface area (Å²) in [7, 11) is 1.83. The Hall–Kier alpha value is -6.06. The summed E-state index contributed by atoms with van der Waals surface area (Å²) in [6.45, 7) is 6.38. The Morgan fingerprint density at radius 2 is 1.52 bits per heavy atom. The Kier molecular flexibility index (Phi) is 9.72. The van der Waals surface area contributed by atoms with Crippen LogP contribution in [0.1, 0.15) is 81.0 Å². The van der Waals surface area contributed by atoms with Crippen LogP contribution in [0, 0.1) is 11.8 Å². The number of likely N-dealkylation sites (N-methyl/N-ethyl adjacent to an activating group) is 1. The van der Waals surface area contributed by atoms with Crippen LogP contribution >= 0.6 is 0 Å². The molecule has 2 aromatic carbocycles. The maximum Gasteiger partial charge on any atom is 0.320 e. The number of primary amides is 1. The van der Waals surface area contributed by atoms with Crippen molar-refractivity contribution in [3.63, 3.8) is 0 Å². The number of nitrogens with one attached hydrogen (secondary N) is 1. The number of fused-ring (bicyclic) bond motifs is 2. The largest absolute Gasteiger partial charge is 0.371 e. The number of amides is 7. The third-order valence-electron chi connectivity index (χ3n) is 13.1. The quantitative estimate of drug-likeness (QED) is 0.319. The smallest absolute Gasteiger partial charge is 0.320 e. The normalized spacial score (nSPS) is 25.0. The number of rotatable bonds is 8. The summed E-state index contributed by atoms with van der Waals surface area (Å²) in [5.41, 5.74) is 10.0. The van der Waals surface area contributed by atoms with E-state index in [0.29, 0.717) is 41.9 Å². The minimum Gasteiger partial charge on any atom is -0.371 e. The van der Waals surface area contributed by atoms with E-state index in [2.05, 4.69) is 49.3 Å². The molecule has 9 rings (SSSR count). The lowest BCUT2D eigenvalue weighted by atomic mass is 9.79. The molecule has 302 valence electrons. The number of aromatic nitrogens is 2. The monoisotopic (exact) mass is 788 g/mol. The fraction of sp³-hybridized carbons (Fsp3) is 0.476. The fourth-order valence-corrected chi connectivity index (χ4v) is 9.83. The van der Waals surface area contributed by atoms with E-state index >= 15 is 0 Å². The van der Waals surface area contributed by atoms with Gasteiger partial charge >= 0.3 is 6.03 Å². The van der Waals surface area contributed by atoms with Gasteiger partial charge in [0.25, 0.3) is 17.7 Å². The van der Waals surface area contributed by atoms with Crippen molar-refractivity contribution in [1.29, 1.82) is 0 Å². The zero-order valence-corrected chi connectivity index (χ0v) is 32.6. The summed E-state index contributed by atoms with van der Waals surface area (Å²) in [6, 6.07) is 12.9. The average molecular weight is 789 g/mol. The Morgan fingerprint density at radius 1 is 0.793 bits per heavy atom. The Balaban J connectivity index is 0.852. The molecule has 0 saturated carbocycles. The van der Waals surface area contributed by atoms with Crippen LogP contribution in [0.4, 0.5) is 22.0 Å². The summed E-state index contributed by atoms with van der Waals surface area (Å²) in [5.74, 6) is -0.977. The van der Waals surface area contributed by atoms with E-state index in [4.69, 9.17) is 10.7 Å². The molecular weight excluding hydrogens is 741 g/mol. The summed E-state index contributed by atoms with van der Waals surface area (Å²) < 4.78 is 0. The van der Waals surface area contributed by atoms with Crippen molar-refractivity contribution < 1.29 is 28.8 Å². The second-order valence-electron chi connectivity index (χ2n) is 16.5. The highest BCUT2D eigenvalue weighted by Gasteiger charge is 2.45.